The molecule has 1 aromatic rings. The molecule has 5 nitrogen and oxygen atoms in total. The van der Waals surface area contributed by atoms with Gasteiger partial charge in [0.2, 0.25) is 0 Å². The maximum Gasteiger partial charge on any atom is 0.329 e. The van der Waals surface area contributed by atoms with Crippen molar-refractivity contribution in [3.8, 4) is 0 Å². The molecule has 0 aromatic carbocycles. The average Bonchev–Trinajstić information content (AvgIpc) is 2.69. The topological polar surface area (TPSA) is 71.3 Å². The molecule has 0 radical (unpaired) electrons. The molecule has 1 fully saturated rings. The predicted molar refractivity (Wildman–Crippen MR) is 74.8 cm³/mol. The fourth-order valence-corrected chi connectivity index (χ4v) is 3.58. The maximum atomic E-state index is 12.2. The van der Waals surface area contributed by atoms with Crippen LogP contribution in [-0.2, 0) is 11.8 Å². The van der Waals surface area contributed by atoms with Gasteiger partial charge in [-0.3, -0.25) is 4.79 Å². The van der Waals surface area contributed by atoms with E-state index in [4.69, 9.17) is 11.6 Å². The van der Waals surface area contributed by atoms with E-state index in [0.29, 0.717) is 23.6 Å². The van der Waals surface area contributed by atoms with Gasteiger partial charge in [0.05, 0.1) is 5.02 Å². The minimum Gasteiger partial charge on any atom is -0.480 e. The van der Waals surface area contributed by atoms with Crippen molar-refractivity contribution in [1.29, 1.82) is 0 Å². The molecular weight excluding hydrogens is 288 g/mol. The van der Waals surface area contributed by atoms with Gasteiger partial charge in [-0.25, -0.2) is 4.79 Å². The Morgan fingerprint density at radius 2 is 2.11 bits per heavy atom. The van der Waals surface area contributed by atoms with Crippen LogP contribution in [0.15, 0.2) is 12.3 Å². The summed E-state index contributed by atoms with van der Waals surface area (Å²) >= 11 is 7.53. The number of hydrogen-bond acceptors (Lipinski definition) is 3. The third kappa shape index (κ3) is 2.90. The summed E-state index contributed by atoms with van der Waals surface area (Å²) in [6, 6.07) is 1.53. The van der Waals surface area contributed by atoms with Crippen molar-refractivity contribution in [3.63, 3.8) is 0 Å². The molecule has 1 saturated heterocycles. The first-order valence-electron chi connectivity index (χ1n) is 5.90. The molecular formula is C12H15ClN2O3S. The number of aryl methyl sites for hydroxylation is 1. The Hall–Kier alpha value is -1.14. The second-order valence-corrected chi connectivity index (χ2v) is 6.27. The lowest BCUT2D eigenvalue weighted by molar-refractivity contribution is -0.144. The van der Waals surface area contributed by atoms with Crippen LogP contribution in [0, 0.1) is 0 Å². The molecule has 104 valence electrons. The molecule has 2 heterocycles. The van der Waals surface area contributed by atoms with E-state index in [1.165, 1.54) is 6.07 Å². The average molecular weight is 303 g/mol. The standard InChI is InChI=1S/C12H15ClN2O3S/c1-15-7-8(13)6-9(15)10(16)14-12(11(17)18)2-4-19-5-3-12/h6-7H,2-5H2,1H3,(H,14,16)(H,17,18). The fraction of sp³-hybridized carbons (Fsp3) is 0.500. The van der Waals surface area contributed by atoms with Crippen LogP contribution in [-0.4, -0.2) is 38.6 Å². The lowest BCUT2D eigenvalue weighted by atomic mass is 9.92. The van der Waals surface area contributed by atoms with Crippen LogP contribution in [0.2, 0.25) is 5.02 Å². The zero-order valence-electron chi connectivity index (χ0n) is 10.5. The monoisotopic (exact) mass is 302 g/mol. The largest absolute Gasteiger partial charge is 0.480 e. The molecule has 0 aliphatic carbocycles. The van der Waals surface area contributed by atoms with E-state index in [1.54, 1.807) is 29.6 Å². The Labute approximate surface area is 120 Å². The summed E-state index contributed by atoms with van der Waals surface area (Å²) in [4.78, 5) is 23.7. The number of thioether (sulfide) groups is 1. The molecule has 0 bridgehead atoms. The van der Waals surface area contributed by atoms with Crippen molar-refractivity contribution in [2.45, 2.75) is 18.4 Å². The Morgan fingerprint density at radius 3 is 2.58 bits per heavy atom. The normalized spacial score (nSPS) is 18.0. The number of aliphatic carboxylic acids is 1. The number of carboxylic acid groups (broad SMARTS) is 1. The zero-order chi connectivity index (χ0) is 14.0. The Kier molecular flexibility index (Phi) is 4.10. The number of carbonyl (C=O) groups is 2. The molecule has 0 spiro atoms. The minimum atomic E-state index is -1.15. The number of hydrogen-bond donors (Lipinski definition) is 2. The maximum absolute atomic E-state index is 12.2. The summed E-state index contributed by atoms with van der Waals surface area (Å²) in [7, 11) is 1.70. The molecule has 1 aliphatic rings. The van der Waals surface area contributed by atoms with Crippen LogP contribution >= 0.6 is 23.4 Å². The van der Waals surface area contributed by atoms with Crippen LogP contribution in [0.3, 0.4) is 0 Å². The summed E-state index contributed by atoms with van der Waals surface area (Å²) in [5, 5.41) is 12.5. The van der Waals surface area contributed by atoms with Gasteiger partial charge in [-0.05, 0) is 30.4 Å². The summed E-state index contributed by atoms with van der Waals surface area (Å²) in [6.45, 7) is 0. The van der Waals surface area contributed by atoms with E-state index >= 15 is 0 Å². The van der Waals surface area contributed by atoms with Gasteiger partial charge in [0.15, 0.2) is 0 Å². The van der Waals surface area contributed by atoms with Crippen molar-refractivity contribution in [2.75, 3.05) is 11.5 Å². The first kappa shape index (κ1) is 14.3. The van der Waals surface area contributed by atoms with E-state index in [9.17, 15) is 14.7 Å². The van der Waals surface area contributed by atoms with Crippen LogP contribution in [0.25, 0.3) is 0 Å². The van der Waals surface area contributed by atoms with Gasteiger partial charge in [0.25, 0.3) is 5.91 Å². The van der Waals surface area contributed by atoms with Crippen molar-refractivity contribution in [2.24, 2.45) is 7.05 Å². The van der Waals surface area contributed by atoms with Crippen molar-refractivity contribution < 1.29 is 14.7 Å². The molecule has 7 heteroatoms. The molecule has 1 aliphatic heterocycles. The van der Waals surface area contributed by atoms with Gasteiger partial charge in [0, 0.05) is 13.2 Å². The second kappa shape index (κ2) is 5.46. The molecule has 2 rings (SSSR count). The fourth-order valence-electron chi connectivity index (χ4n) is 2.14. The number of halogens is 1. The van der Waals surface area contributed by atoms with Gasteiger partial charge in [0.1, 0.15) is 11.2 Å². The predicted octanol–water partition coefficient (Wildman–Crippen LogP) is 1.76. The molecule has 19 heavy (non-hydrogen) atoms. The summed E-state index contributed by atoms with van der Waals surface area (Å²) in [5.41, 5.74) is -0.789. The Balaban J connectivity index is 2.20. The smallest absolute Gasteiger partial charge is 0.329 e. The number of nitrogens with one attached hydrogen (secondary N) is 1. The number of rotatable bonds is 3. The van der Waals surface area contributed by atoms with Gasteiger partial charge in [-0.15, -0.1) is 0 Å². The summed E-state index contributed by atoms with van der Waals surface area (Å²) in [6.07, 6.45) is 2.49. The quantitative estimate of drug-likeness (QED) is 0.892. The van der Waals surface area contributed by atoms with E-state index < -0.39 is 17.4 Å². The molecule has 1 aromatic heterocycles. The lowest BCUT2D eigenvalue weighted by Gasteiger charge is -2.33. The van der Waals surface area contributed by atoms with Crippen molar-refractivity contribution in [3.05, 3.63) is 23.0 Å². The van der Waals surface area contributed by atoms with Crippen molar-refractivity contribution in [1.82, 2.24) is 9.88 Å². The van der Waals surface area contributed by atoms with E-state index in [-0.39, 0.29) is 0 Å². The highest BCUT2D eigenvalue weighted by Gasteiger charge is 2.41. The van der Waals surface area contributed by atoms with Gasteiger partial charge >= 0.3 is 5.97 Å². The summed E-state index contributed by atoms with van der Waals surface area (Å²) < 4.78 is 1.59. The highest BCUT2D eigenvalue weighted by molar-refractivity contribution is 7.99. The number of carbonyl (C=O) groups excluding carboxylic acids is 1. The van der Waals surface area contributed by atoms with Crippen LogP contribution in [0.4, 0.5) is 0 Å². The van der Waals surface area contributed by atoms with Crippen LogP contribution < -0.4 is 5.32 Å². The Bertz CT molecular complexity index is 509. The highest BCUT2D eigenvalue weighted by Crippen LogP contribution is 2.28. The molecule has 0 unspecified atom stereocenters. The second-order valence-electron chi connectivity index (χ2n) is 4.61. The van der Waals surface area contributed by atoms with E-state index in [0.717, 1.165) is 11.5 Å². The number of nitrogens with zero attached hydrogens (tertiary/aromatic N) is 1. The first-order valence-corrected chi connectivity index (χ1v) is 7.43. The molecule has 1 amide bonds. The lowest BCUT2D eigenvalue weighted by Crippen LogP contribution is -2.56. The van der Waals surface area contributed by atoms with Crippen LogP contribution in [0.1, 0.15) is 23.3 Å². The zero-order valence-corrected chi connectivity index (χ0v) is 12.1. The SMILES string of the molecule is Cn1cc(Cl)cc1C(=O)NC1(C(=O)O)CCSCC1. The van der Waals surface area contributed by atoms with Gasteiger partial charge < -0.3 is 15.0 Å². The Morgan fingerprint density at radius 1 is 1.47 bits per heavy atom. The van der Waals surface area contributed by atoms with E-state index in [2.05, 4.69) is 5.32 Å². The minimum absolute atomic E-state index is 0.365. The highest BCUT2D eigenvalue weighted by atomic mass is 35.5. The first-order chi connectivity index (χ1) is 8.94. The third-order valence-electron chi connectivity index (χ3n) is 3.31. The number of carboxylic acids is 1. The molecule has 0 saturated carbocycles. The van der Waals surface area contributed by atoms with Crippen LogP contribution in [0.5, 0.6) is 0 Å². The van der Waals surface area contributed by atoms with Crippen molar-refractivity contribution >= 4 is 35.2 Å². The summed E-state index contributed by atoms with van der Waals surface area (Å²) in [5.74, 6) is 0.103. The van der Waals surface area contributed by atoms with Gasteiger partial charge in [-0.2, -0.15) is 11.8 Å². The molecule has 2 N–H and O–H groups in total. The number of aromatic nitrogens is 1. The van der Waals surface area contributed by atoms with Gasteiger partial charge in [-0.1, -0.05) is 11.6 Å². The number of amides is 1. The third-order valence-corrected chi connectivity index (χ3v) is 4.51. The molecule has 0 atom stereocenters. The van der Waals surface area contributed by atoms with E-state index in [1.807, 2.05) is 0 Å².